The Labute approximate surface area is 121 Å². The predicted octanol–water partition coefficient (Wildman–Crippen LogP) is 1.69. The summed E-state index contributed by atoms with van der Waals surface area (Å²) >= 11 is 0. The maximum absolute atomic E-state index is 13.1. The summed E-state index contributed by atoms with van der Waals surface area (Å²) in [7, 11) is 1.22. The van der Waals surface area contributed by atoms with E-state index >= 15 is 0 Å². The van der Waals surface area contributed by atoms with Gasteiger partial charge in [-0.2, -0.15) is 0 Å². The number of halogens is 1. The highest BCUT2D eigenvalue weighted by molar-refractivity contribution is 5.94. The number of benzene rings is 1. The normalized spacial score (nSPS) is 21.0. The summed E-state index contributed by atoms with van der Waals surface area (Å²) in [5.74, 6) is -1.99. The van der Waals surface area contributed by atoms with Crippen molar-refractivity contribution in [1.82, 2.24) is 4.90 Å². The van der Waals surface area contributed by atoms with E-state index in [4.69, 9.17) is 4.74 Å². The van der Waals surface area contributed by atoms with Crippen LogP contribution in [0.3, 0.4) is 0 Å². The zero-order chi connectivity index (χ0) is 15.4. The summed E-state index contributed by atoms with van der Waals surface area (Å²) in [6.45, 7) is 3.09. The van der Waals surface area contributed by atoms with Crippen LogP contribution >= 0.6 is 0 Å². The summed E-state index contributed by atoms with van der Waals surface area (Å²) < 4.78 is 23.4. The Kier molecular flexibility index (Phi) is 4.57. The van der Waals surface area contributed by atoms with Crippen LogP contribution in [0.2, 0.25) is 0 Å². The van der Waals surface area contributed by atoms with Gasteiger partial charge in [0, 0.05) is 6.42 Å². The van der Waals surface area contributed by atoms with Crippen LogP contribution in [0, 0.1) is 0 Å². The molecule has 0 aromatic heterocycles. The highest BCUT2D eigenvalue weighted by atomic mass is 19.1. The predicted molar refractivity (Wildman–Crippen MR) is 73.2 cm³/mol. The Morgan fingerprint density at radius 1 is 1.33 bits per heavy atom. The third-order valence-corrected chi connectivity index (χ3v) is 3.27. The van der Waals surface area contributed by atoms with E-state index in [-0.39, 0.29) is 13.0 Å². The van der Waals surface area contributed by atoms with Crippen LogP contribution in [-0.4, -0.2) is 42.6 Å². The molecule has 1 amide bonds. The molecular formula is C15H16FNO4. The van der Waals surface area contributed by atoms with Crippen molar-refractivity contribution in [2.75, 3.05) is 13.7 Å². The van der Waals surface area contributed by atoms with Gasteiger partial charge < -0.3 is 14.4 Å². The minimum absolute atomic E-state index is 0.108. The molecule has 1 aromatic rings. The van der Waals surface area contributed by atoms with Crippen LogP contribution < -0.4 is 4.74 Å². The number of hydrogen-bond donors (Lipinski definition) is 0. The summed E-state index contributed by atoms with van der Waals surface area (Å²) in [5.41, 5.74) is 0. The monoisotopic (exact) mass is 293 g/mol. The first kappa shape index (κ1) is 15.0. The third kappa shape index (κ3) is 3.39. The molecule has 0 unspecified atom stereocenters. The first-order valence-electron chi connectivity index (χ1n) is 6.48. The lowest BCUT2D eigenvalue weighted by atomic mass is 10.2. The molecule has 1 heterocycles. The molecule has 2 atom stereocenters. The molecular weight excluding hydrogens is 277 g/mol. The topological polar surface area (TPSA) is 55.8 Å². The third-order valence-electron chi connectivity index (χ3n) is 3.27. The molecule has 0 aliphatic carbocycles. The fraction of sp³-hybridized carbons (Fsp3) is 0.333. The highest BCUT2D eigenvalue weighted by Gasteiger charge is 2.42. The van der Waals surface area contributed by atoms with Gasteiger partial charge in [0.2, 0.25) is 0 Å². The molecule has 1 saturated heterocycles. The highest BCUT2D eigenvalue weighted by Crippen LogP contribution is 2.25. The van der Waals surface area contributed by atoms with Gasteiger partial charge in [-0.15, -0.1) is 0 Å². The maximum Gasteiger partial charge on any atom is 0.328 e. The van der Waals surface area contributed by atoms with Crippen molar-refractivity contribution in [3.8, 4) is 5.75 Å². The van der Waals surface area contributed by atoms with Crippen molar-refractivity contribution in [2.24, 2.45) is 0 Å². The molecule has 2 rings (SSSR count). The fourth-order valence-electron chi connectivity index (χ4n) is 2.31. The van der Waals surface area contributed by atoms with Crippen LogP contribution in [0.1, 0.15) is 6.42 Å². The van der Waals surface area contributed by atoms with Gasteiger partial charge >= 0.3 is 5.97 Å². The molecule has 0 spiro atoms. The van der Waals surface area contributed by atoms with Gasteiger partial charge in [-0.1, -0.05) is 24.8 Å². The van der Waals surface area contributed by atoms with Gasteiger partial charge in [0.25, 0.3) is 5.91 Å². The van der Waals surface area contributed by atoms with Gasteiger partial charge in [-0.3, -0.25) is 4.79 Å². The molecule has 0 N–H and O–H groups in total. The minimum Gasteiger partial charge on any atom is -0.488 e. The van der Waals surface area contributed by atoms with Crippen molar-refractivity contribution in [3.05, 3.63) is 42.7 Å². The van der Waals surface area contributed by atoms with Crippen LogP contribution in [0.15, 0.2) is 42.7 Å². The number of methoxy groups -OCH3 is 1. The van der Waals surface area contributed by atoms with E-state index in [0.29, 0.717) is 5.75 Å². The molecule has 5 nitrogen and oxygen atoms in total. The van der Waals surface area contributed by atoms with E-state index in [1.807, 2.05) is 18.2 Å². The zero-order valence-electron chi connectivity index (χ0n) is 11.6. The molecule has 21 heavy (non-hydrogen) atoms. The van der Waals surface area contributed by atoms with E-state index in [0.717, 1.165) is 4.90 Å². The molecule has 112 valence electrons. The Hall–Kier alpha value is -2.37. The Morgan fingerprint density at radius 2 is 2.00 bits per heavy atom. The average Bonchev–Trinajstić information content (AvgIpc) is 2.90. The lowest BCUT2D eigenvalue weighted by molar-refractivity contribution is -0.150. The number of nitrogens with zero attached hydrogens (tertiary/aromatic N) is 1. The fourth-order valence-corrected chi connectivity index (χ4v) is 2.31. The molecule has 0 bridgehead atoms. The number of para-hydroxylation sites is 1. The van der Waals surface area contributed by atoms with Gasteiger partial charge in [-0.25, -0.2) is 9.18 Å². The molecule has 0 radical (unpaired) electrons. The summed E-state index contributed by atoms with van der Waals surface area (Å²) in [6, 6.07) is 8.16. The maximum atomic E-state index is 13.1. The Morgan fingerprint density at radius 3 is 2.57 bits per heavy atom. The largest absolute Gasteiger partial charge is 0.488 e. The van der Waals surface area contributed by atoms with Crippen molar-refractivity contribution in [2.45, 2.75) is 18.6 Å². The first-order chi connectivity index (χ1) is 10.0. The van der Waals surface area contributed by atoms with E-state index in [9.17, 15) is 14.0 Å². The van der Waals surface area contributed by atoms with Crippen molar-refractivity contribution in [1.29, 1.82) is 0 Å². The summed E-state index contributed by atoms with van der Waals surface area (Å²) in [6.07, 6.45) is -0.152. The standard InChI is InChI=1S/C15H16FNO4/c1-10(16)14(18)17-9-12(8-13(17)15(19)20-2)21-11-6-4-3-5-7-11/h3-7,12-13H,1,8-9H2,2H3/t12-,13-/m0/s1. The number of hydrogen-bond acceptors (Lipinski definition) is 4. The first-order valence-corrected chi connectivity index (χ1v) is 6.48. The molecule has 1 aliphatic rings. The van der Waals surface area contributed by atoms with Crippen molar-refractivity contribution < 1.29 is 23.5 Å². The lowest BCUT2D eigenvalue weighted by Crippen LogP contribution is -2.41. The lowest BCUT2D eigenvalue weighted by Gasteiger charge is -2.20. The number of carbonyl (C=O) groups is 2. The van der Waals surface area contributed by atoms with E-state index < -0.39 is 29.8 Å². The van der Waals surface area contributed by atoms with Gasteiger partial charge in [0.1, 0.15) is 17.9 Å². The summed E-state index contributed by atoms with van der Waals surface area (Å²) in [4.78, 5) is 24.6. The molecule has 6 heteroatoms. The van der Waals surface area contributed by atoms with Crippen molar-refractivity contribution in [3.63, 3.8) is 0 Å². The number of ether oxygens (including phenoxy) is 2. The van der Waals surface area contributed by atoms with E-state index in [1.54, 1.807) is 12.1 Å². The second-order valence-corrected chi connectivity index (χ2v) is 4.69. The quantitative estimate of drug-likeness (QED) is 0.626. The van der Waals surface area contributed by atoms with Crippen LogP contribution in [-0.2, 0) is 14.3 Å². The molecule has 1 aromatic carbocycles. The van der Waals surface area contributed by atoms with Gasteiger partial charge in [-0.05, 0) is 12.1 Å². The SMILES string of the molecule is C=C(F)C(=O)N1C[C@@H](Oc2ccccc2)C[C@H]1C(=O)OC. The smallest absolute Gasteiger partial charge is 0.328 e. The average molecular weight is 293 g/mol. The Bertz CT molecular complexity index is 546. The molecule has 0 saturated carbocycles. The van der Waals surface area contributed by atoms with Gasteiger partial charge in [0.05, 0.1) is 13.7 Å². The van der Waals surface area contributed by atoms with Crippen LogP contribution in [0.25, 0.3) is 0 Å². The van der Waals surface area contributed by atoms with Gasteiger partial charge in [0.15, 0.2) is 5.83 Å². The zero-order valence-corrected chi connectivity index (χ0v) is 11.6. The number of esters is 1. The second-order valence-electron chi connectivity index (χ2n) is 4.69. The second kappa shape index (κ2) is 6.39. The van der Waals surface area contributed by atoms with Crippen LogP contribution in [0.4, 0.5) is 4.39 Å². The Balaban J connectivity index is 2.12. The van der Waals surface area contributed by atoms with Crippen LogP contribution in [0.5, 0.6) is 5.75 Å². The van der Waals surface area contributed by atoms with E-state index in [2.05, 4.69) is 11.3 Å². The minimum atomic E-state index is -1.11. The summed E-state index contributed by atoms with van der Waals surface area (Å²) in [5, 5.41) is 0. The van der Waals surface area contributed by atoms with Crippen molar-refractivity contribution >= 4 is 11.9 Å². The number of rotatable bonds is 4. The number of likely N-dealkylation sites (tertiary alicyclic amines) is 1. The molecule has 1 aliphatic heterocycles. The number of carbonyl (C=O) groups excluding carboxylic acids is 2. The van der Waals surface area contributed by atoms with E-state index in [1.165, 1.54) is 7.11 Å². The molecule has 1 fully saturated rings. The number of amides is 1.